The highest BCUT2D eigenvalue weighted by Gasteiger charge is 2.29. The van der Waals surface area contributed by atoms with Crippen LogP contribution in [-0.2, 0) is 9.47 Å². The van der Waals surface area contributed by atoms with Crippen molar-refractivity contribution in [3.63, 3.8) is 0 Å². The predicted octanol–water partition coefficient (Wildman–Crippen LogP) is 2.33. The first-order valence-corrected chi connectivity index (χ1v) is 8.08. The van der Waals surface area contributed by atoms with Crippen LogP contribution in [0, 0.1) is 0 Å². The molecule has 2 fully saturated rings. The van der Waals surface area contributed by atoms with Gasteiger partial charge in [-0.15, -0.1) is 0 Å². The van der Waals surface area contributed by atoms with Crippen molar-refractivity contribution in [2.45, 2.75) is 37.9 Å². The molecule has 1 saturated carbocycles. The number of hydrogen-bond donors (Lipinski definition) is 1. The lowest BCUT2D eigenvalue weighted by Crippen LogP contribution is -2.35. The van der Waals surface area contributed by atoms with E-state index in [1.807, 2.05) is 6.07 Å². The maximum absolute atomic E-state index is 12.4. The molecular weight excluding hydrogens is 296 g/mol. The Hall–Kier alpha value is -2.08. The van der Waals surface area contributed by atoms with Crippen LogP contribution < -0.4 is 10.2 Å². The quantitative estimate of drug-likeness (QED) is 0.865. The molecule has 1 aromatic rings. The van der Waals surface area contributed by atoms with Gasteiger partial charge in [-0.2, -0.15) is 0 Å². The van der Waals surface area contributed by atoms with Gasteiger partial charge in [0.15, 0.2) is 0 Å². The summed E-state index contributed by atoms with van der Waals surface area (Å²) in [6.45, 7) is 1.22. The molecule has 2 atom stereocenters. The van der Waals surface area contributed by atoms with Crippen molar-refractivity contribution in [1.29, 1.82) is 0 Å². The summed E-state index contributed by atoms with van der Waals surface area (Å²) < 4.78 is 11.1. The first kappa shape index (κ1) is 15.8. The van der Waals surface area contributed by atoms with Gasteiger partial charge in [0.25, 0.3) is 0 Å². The molecule has 2 unspecified atom stereocenters. The van der Waals surface area contributed by atoms with Crippen molar-refractivity contribution < 1.29 is 19.1 Å². The minimum absolute atomic E-state index is 0.0276. The van der Waals surface area contributed by atoms with Crippen LogP contribution in [0.1, 0.15) is 36.0 Å². The highest BCUT2D eigenvalue weighted by molar-refractivity contribution is 5.96. The average Bonchev–Trinajstić information content (AvgIpc) is 3.01. The van der Waals surface area contributed by atoms with E-state index in [9.17, 15) is 9.59 Å². The van der Waals surface area contributed by atoms with Crippen LogP contribution in [0.4, 0.5) is 10.5 Å². The Labute approximate surface area is 135 Å². The second kappa shape index (κ2) is 7.00. The Morgan fingerprint density at radius 2 is 2.04 bits per heavy atom. The summed E-state index contributed by atoms with van der Waals surface area (Å²) in [5, 5.41) is 2.75. The van der Waals surface area contributed by atoms with Crippen molar-refractivity contribution in [1.82, 2.24) is 5.32 Å². The number of nitrogens with one attached hydrogen (secondary N) is 1. The third kappa shape index (κ3) is 3.47. The summed E-state index contributed by atoms with van der Waals surface area (Å²) in [5.41, 5.74) is 1.17. The maximum Gasteiger partial charge on any atom is 0.338 e. The van der Waals surface area contributed by atoms with Crippen LogP contribution in [0.3, 0.4) is 0 Å². The van der Waals surface area contributed by atoms with Crippen molar-refractivity contribution in [3.05, 3.63) is 29.8 Å². The van der Waals surface area contributed by atoms with Crippen LogP contribution in [-0.4, -0.2) is 44.4 Å². The Kier molecular flexibility index (Phi) is 4.81. The Morgan fingerprint density at radius 3 is 2.74 bits per heavy atom. The number of methoxy groups -OCH3 is 1. The number of carbonyl (C=O) groups excluding carboxylic acids is 2. The average molecular weight is 318 g/mol. The van der Waals surface area contributed by atoms with Crippen LogP contribution in [0.25, 0.3) is 0 Å². The van der Waals surface area contributed by atoms with Crippen molar-refractivity contribution in [2.75, 3.05) is 25.1 Å². The van der Waals surface area contributed by atoms with Gasteiger partial charge in [-0.1, -0.05) is 12.5 Å². The fourth-order valence-corrected chi connectivity index (χ4v) is 3.19. The fraction of sp³-hybridized carbons (Fsp3) is 0.529. The number of benzene rings is 1. The molecule has 2 amide bonds. The van der Waals surface area contributed by atoms with Gasteiger partial charge in [0.2, 0.25) is 0 Å². The third-order valence-electron chi connectivity index (χ3n) is 4.45. The van der Waals surface area contributed by atoms with E-state index in [2.05, 4.69) is 5.32 Å². The number of ether oxygens (including phenoxy) is 2. The number of esters is 1. The molecule has 23 heavy (non-hydrogen) atoms. The number of urea groups is 1. The zero-order valence-electron chi connectivity index (χ0n) is 13.3. The molecule has 6 nitrogen and oxygen atoms in total. The molecule has 0 radical (unpaired) electrons. The van der Waals surface area contributed by atoms with Crippen LogP contribution in [0.15, 0.2) is 24.3 Å². The third-order valence-corrected chi connectivity index (χ3v) is 4.45. The topological polar surface area (TPSA) is 67.9 Å². The van der Waals surface area contributed by atoms with Gasteiger partial charge in [-0.25, -0.2) is 9.59 Å². The number of carbonyl (C=O) groups is 2. The van der Waals surface area contributed by atoms with Crippen LogP contribution >= 0.6 is 0 Å². The molecule has 1 aliphatic carbocycles. The molecule has 1 saturated heterocycles. The van der Waals surface area contributed by atoms with Gasteiger partial charge in [0.05, 0.1) is 11.7 Å². The molecule has 1 aromatic carbocycles. The number of nitrogens with zero attached hydrogens (tertiary/aromatic N) is 1. The molecule has 3 rings (SSSR count). The van der Waals surface area contributed by atoms with Crippen LogP contribution in [0.5, 0.6) is 0 Å². The van der Waals surface area contributed by atoms with Gasteiger partial charge in [-0.3, -0.25) is 4.90 Å². The van der Waals surface area contributed by atoms with Crippen LogP contribution in [0.2, 0.25) is 0 Å². The second-order valence-electron chi connectivity index (χ2n) is 5.94. The largest absolute Gasteiger partial charge is 0.456 e. The molecule has 0 aromatic heterocycles. The molecule has 1 aliphatic heterocycles. The molecule has 6 heteroatoms. The lowest BCUT2D eigenvalue weighted by atomic mass is 9.94. The van der Waals surface area contributed by atoms with Gasteiger partial charge >= 0.3 is 12.0 Å². The number of anilines is 1. The van der Waals surface area contributed by atoms with Gasteiger partial charge in [0, 0.05) is 25.9 Å². The number of amides is 2. The summed E-state index contributed by atoms with van der Waals surface area (Å²) in [4.78, 5) is 25.8. The van der Waals surface area contributed by atoms with E-state index in [0.29, 0.717) is 24.3 Å². The monoisotopic (exact) mass is 318 g/mol. The molecule has 124 valence electrons. The number of hydrogen-bond acceptors (Lipinski definition) is 4. The first-order valence-electron chi connectivity index (χ1n) is 8.08. The maximum atomic E-state index is 12.4. The van der Waals surface area contributed by atoms with Gasteiger partial charge in [0.1, 0.15) is 6.10 Å². The molecule has 1 N–H and O–H groups in total. The Balaban J connectivity index is 1.71. The van der Waals surface area contributed by atoms with Gasteiger partial charge < -0.3 is 14.8 Å². The fourth-order valence-electron chi connectivity index (χ4n) is 3.19. The zero-order chi connectivity index (χ0) is 16.2. The van der Waals surface area contributed by atoms with E-state index in [0.717, 1.165) is 25.7 Å². The van der Waals surface area contributed by atoms with E-state index < -0.39 is 0 Å². The molecule has 2 aliphatic rings. The second-order valence-corrected chi connectivity index (χ2v) is 5.94. The summed E-state index contributed by atoms with van der Waals surface area (Å²) >= 11 is 0. The molecule has 0 bridgehead atoms. The minimum Gasteiger partial charge on any atom is -0.456 e. The van der Waals surface area contributed by atoms with E-state index in [1.165, 1.54) is 0 Å². The SMILES string of the molecule is COC1CCCCC1OC(=O)c1cccc(N2CCNC2=O)c1. The predicted molar refractivity (Wildman–Crippen MR) is 85.7 cm³/mol. The van der Waals surface area contributed by atoms with Crippen molar-refractivity contribution >= 4 is 17.7 Å². The summed E-state index contributed by atoms with van der Waals surface area (Å²) in [6.07, 6.45) is 3.68. The molecule has 1 heterocycles. The zero-order valence-corrected chi connectivity index (χ0v) is 13.3. The smallest absolute Gasteiger partial charge is 0.338 e. The summed E-state index contributed by atoms with van der Waals surface area (Å²) in [7, 11) is 1.66. The minimum atomic E-state index is -0.361. The summed E-state index contributed by atoms with van der Waals surface area (Å²) in [5.74, 6) is -0.361. The standard InChI is InChI=1S/C17H22N2O4/c1-22-14-7-2-3-8-15(14)23-16(20)12-5-4-6-13(11-12)19-10-9-18-17(19)21/h4-6,11,14-15H,2-3,7-10H2,1H3,(H,18,21). The van der Waals surface area contributed by atoms with E-state index in [4.69, 9.17) is 9.47 Å². The summed E-state index contributed by atoms with van der Waals surface area (Å²) in [6, 6.07) is 6.87. The highest BCUT2D eigenvalue weighted by atomic mass is 16.6. The lowest BCUT2D eigenvalue weighted by Gasteiger charge is -2.30. The van der Waals surface area contributed by atoms with E-state index in [-0.39, 0.29) is 24.2 Å². The van der Waals surface area contributed by atoms with Crippen molar-refractivity contribution in [2.24, 2.45) is 0 Å². The molecular formula is C17H22N2O4. The van der Waals surface area contributed by atoms with Crippen molar-refractivity contribution in [3.8, 4) is 0 Å². The molecule has 0 spiro atoms. The Bertz CT molecular complexity index is 590. The highest BCUT2D eigenvalue weighted by Crippen LogP contribution is 2.25. The van der Waals surface area contributed by atoms with Gasteiger partial charge in [-0.05, 0) is 37.5 Å². The normalized spacial score (nSPS) is 24.4. The van der Waals surface area contributed by atoms with E-state index >= 15 is 0 Å². The Morgan fingerprint density at radius 1 is 1.26 bits per heavy atom. The first-order chi connectivity index (χ1) is 11.2. The number of rotatable bonds is 4. The lowest BCUT2D eigenvalue weighted by molar-refractivity contribution is -0.0539. The van der Waals surface area contributed by atoms with E-state index in [1.54, 1.807) is 30.2 Å².